The molecule has 2 N–H and O–H groups in total. The van der Waals surface area contributed by atoms with E-state index >= 15 is 0 Å². The molecule has 0 unspecified atom stereocenters. The topological polar surface area (TPSA) is 104 Å². The summed E-state index contributed by atoms with van der Waals surface area (Å²) < 4.78 is 1.66. The Labute approximate surface area is 224 Å². The number of phenolic OH excluding ortho intramolecular Hbond substituents is 1. The molecule has 2 aliphatic rings. The summed E-state index contributed by atoms with van der Waals surface area (Å²) in [6.07, 6.45) is 10.8. The van der Waals surface area contributed by atoms with Crippen LogP contribution in [0.4, 0.5) is 5.69 Å². The smallest absolute Gasteiger partial charge is 0.278 e. The zero-order chi connectivity index (χ0) is 27.5. The molecule has 0 saturated carbocycles. The third-order valence-electron chi connectivity index (χ3n) is 7.71. The number of fused-ring (bicyclic) bond motifs is 4. The lowest BCUT2D eigenvalue weighted by molar-refractivity contribution is 0.0814. The summed E-state index contributed by atoms with van der Waals surface area (Å²) in [4.78, 5) is 45.5. The van der Waals surface area contributed by atoms with Crippen molar-refractivity contribution in [1.29, 1.82) is 0 Å². The van der Waals surface area contributed by atoms with Crippen LogP contribution in [0.3, 0.4) is 0 Å². The number of pyridine rings is 1. The highest BCUT2D eigenvalue weighted by Crippen LogP contribution is 2.51. The highest BCUT2D eigenvalue weighted by atomic mass is 16.3. The Kier molecular flexibility index (Phi) is 5.40. The zero-order valence-electron chi connectivity index (χ0n) is 21.3. The van der Waals surface area contributed by atoms with Crippen molar-refractivity contribution in [2.45, 2.75) is 19.3 Å². The number of phenols is 1. The standard InChI is InChI=1S/C31H24N4O4/c1-4-20-15-35(26-14-25(37)23-7-5-6-18(2)28(23)31(20,26)3)30(39)24-17-34-16-21(10-13-27(34)33-24)32-29(38)19-8-11-22(36)12-9-19/h1,5-14,16-17,20,36H,15H2,2-3H3,(H,32,38)/t20-,31+/m1/s1. The van der Waals surface area contributed by atoms with Crippen molar-refractivity contribution in [3.05, 3.63) is 107 Å². The van der Waals surface area contributed by atoms with Crippen molar-refractivity contribution >= 4 is 28.9 Å². The summed E-state index contributed by atoms with van der Waals surface area (Å²) in [5.41, 5.74) is 3.95. The van der Waals surface area contributed by atoms with Gasteiger partial charge in [0.2, 0.25) is 0 Å². The Balaban J connectivity index is 1.32. The number of nitrogens with zero attached hydrogens (tertiary/aromatic N) is 3. The number of terminal acetylenes is 1. The molecule has 8 heteroatoms. The van der Waals surface area contributed by atoms with E-state index in [4.69, 9.17) is 6.42 Å². The second kappa shape index (κ2) is 8.71. The number of aromatic nitrogens is 2. The largest absolute Gasteiger partial charge is 0.508 e. The Morgan fingerprint density at radius 2 is 1.90 bits per heavy atom. The number of aryl methyl sites for hydroxylation is 1. The number of hydrogen-bond acceptors (Lipinski definition) is 5. The molecule has 8 nitrogen and oxygen atoms in total. The Bertz CT molecular complexity index is 1780. The molecule has 2 amide bonds. The maximum absolute atomic E-state index is 13.8. The summed E-state index contributed by atoms with van der Waals surface area (Å²) >= 11 is 0. The van der Waals surface area contributed by atoms with Crippen LogP contribution in [0.1, 0.15) is 49.3 Å². The van der Waals surface area contributed by atoms with E-state index in [0.717, 1.165) is 11.1 Å². The number of nitrogens with one attached hydrogen (secondary N) is 1. The number of amides is 2. The van der Waals surface area contributed by atoms with Crippen LogP contribution in [0.5, 0.6) is 5.75 Å². The molecule has 3 heterocycles. The predicted octanol–water partition coefficient (Wildman–Crippen LogP) is 4.34. The fraction of sp³-hybridized carbons (Fsp3) is 0.161. The Hall–Kier alpha value is -5.16. The van der Waals surface area contributed by atoms with E-state index in [-0.39, 0.29) is 41.5 Å². The SMILES string of the molecule is C#C[C@@H]1CN(C(=O)c2cn3cc(NC(=O)c4ccc(O)cc4)ccc3n2)C2=CC(=O)c3cccc(C)c3[C@]21C. The number of allylic oxidation sites excluding steroid dienone is 2. The van der Waals surface area contributed by atoms with E-state index in [1.54, 1.807) is 39.9 Å². The van der Waals surface area contributed by atoms with Gasteiger partial charge in [0.15, 0.2) is 5.78 Å². The minimum atomic E-state index is -0.691. The number of hydrogen-bond donors (Lipinski definition) is 2. The van der Waals surface area contributed by atoms with E-state index in [2.05, 4.69) is 16.2 Å². The molecule has 6 rings (SSSR count). The molecular weight excluding hydrogens is 492 g/mol. The number of aromatic hydroxyl groups is 1. The van der Waals surface area contributed by atoms with Crippen LogP contribution in [-0.2, 0) is 5.41 Å². The number of imidazole rings is 1. The van der Waals surface area contributed by atoms with E-state index in [1.807, 2.05) is 26.0 Å². The molecule has 192 valence electrons. The number of carbonyl (C=O) groups is 3. The number of ketones is 1. The van der Waals surface area contributed by atoms with E-state index in [1.165, 1.54) is 30.3 Å². The zero-order valence-corrected chi connectivity index (χ0v) is 21.3. The second-order valence-corrected chi connectivity index (χ2v) is 10.0. The van der Waals surface area contributed by atoms with Crippen LogP contribution in [0, 0.1) is 25.2 Å². The van der Waals surface area contributed by atoms with Gasteiger partial charge in [-0.25, -0.2) is 4.98 Å². The first kappa shape index (κ1) is 24.2. The molecule has 0 radical (unpaired) electrons. The van der Waals surface area contributed by atoms with Gasteiger partial charge in [0, 0.05) is 47.3 Å². The lowest BCUT2D eigenvalue weighted by Crippen LogP contribution is -2.37. The molecule has 1 aliphatic heterocycles. The molecule has 4 aromatic rings. The Morgan fingerprint density at radius 1 is 1.13 bits per heavy atom. The van der Waals surface area contributed by atoms with Gasteiger partial charge in [-0.15, -0.1) is 12.3 Å². The van der Waals surface area contributed by atoms with Gasteiger partial charge in [0.1, 0.15) is 17.1 Å². The van der Waals surface area contributed by atoms with Gasteiger partial charge in [0.05, 0.1) is 11.6 Å². The summed E-state index contributed by atoms with van der Waals surface area (Å²) in [5.74, 6) is 1.77. The maximum atomic E-state index is 13.8. The number of rotatable bonds is 3. The lowest BCUT2D eigenvalue weighted by atomic mass is 9.66. The quantitative estimate of drug-likeness (QED) is 0.394. The summed E-state index contributed by atoms with van der Waals surface area (Å²) in [6, 6.07) is 14.9. The molecule has 1 fully saturated rings. The molecule has 1 saturated heterocycles. The van der Waals surface area contributed by atoms with Gasteiger partial charge in [-0.3, -0.25) is 14.4 Å². The fourth-order valence-corrected chi connectivity index (χ4v) is 5.75. The van der Waals surface area contributed by atoms with Gasteiger partial charge in [-0.05, 0) is 61.4 Å². The third-order valence-corrected chi connectivity index (χ3v) is 7.71. The average Bonchev–Trinajstić information content (AvgIpc) is 3.47. The highest BCUT2D eigenvalue weighted by Gasteiger charge is 2.53. The van der Waals surface area contributed by atoms with Crippen molar-refractivity contribution in [2.24, 2.45) is 5.92 Å². The van der Waals surface area contributed by atoms with Crippen molar-refractivity contribution in [3.8, 4) is 18.1 Å². The molecule has 0 spiro atoms. The third kappa shape index (κ3) is 3.70. The fourth-order valence-electron chi connectivity index (χ4n) is 5.75. The van der Waals surface area contributed by atoms with Gasteiger partial charge >= 0.3 is 0 Å². The highest BCUT2D eigenvalue weighted by molar-refractivity contribution is 6.09. The molecule has 1 aliphatic carbocycles. The summed E-state index contributed by atoms with van der Waals surface area (Å²) in [6.45, 7) is 4.22. The summed E-state index contributed by atoms with van der Waals surface area (Å²) in [7, 11) is 0. The average molecular weight is 517 g/mol. The monoisotopic (exact) mass is 516 g/mol. The van der Waals surface area contributed by atoms with Crippen LogP contribution < -0.4 is 5.32 Å². The molecule has 0 bridgehead atoms. The minimum Gasteiger partial charge on any atom is -0.508 e. The second-order valence-electron chi connectivity index (χ2n) is 10.0. The van der Waals surface area contributed by atoms with Gasteiger partial charge in [0.25, 0.3) is 11.8 Å². The molecule has 2 aromatic heterocycles. The Morgan fingerprint density at radius 3 is 2.64 bits per heavy atom. The number of anilines is 1. The number of carbonyl (C=O) groups excluding carboxylic acids is 3. The van der Waals surface area contributed by atoms with Crippen LogP contribution in [-0.4, -0.2) is 43.5 Å². The van der Waals surface area contributed by atoms with E-state index in [9.17, 15) is 19.5 Å². The van der Waals surface area contributed by atoms with Gasteiger partial charge < -0.3 is 19.7 Å². The first-order valence-electron chi connectivity index (χ1n) is 12.4. The number of benzene rings is 2. The van der Waals surface area contributed by atoms with E-state index < -0.39 is 5.41 Å². The first-order chi connectivity index (χ1) is 18.7. The normalized spacial score (nSPS) is 19.7. The van der Waals surface area contributed by atoms with Crippen LogP contribution in [0.15, 0.2) is 78.8 Å². The lowest BCUT2D eigenvalue weighted by Gasteiger charge is -2.36. The van der Waals surface area contributed by atoms with Crippen LogP contribution in [0.2, 0.25) is 0 Å². The number of likely N-dealkylation sites (tertiary alicyclic amines) is 1. The van der Waals surface area contributed by atoms with Gasteiger partial charge in [-0.2, -0.15) is 0 Å². The van der Waals surface area contributed by atoms with E-state index in [0.29, 0.717) is 28.2 Å². The molecule has 2 atom stereocenters. The van der Waals surface area contributed by atoms with Crippen molar-refractivity contribution in [3.63, 3.8) is 0 Å². The summed E-state index contributed by atoms with van der Waals surface area (Å²) in [5, 5.41) is 12.3. The van der Waals surface area contributed by atoms with Crippen molar-refractivity contribution in [1.82, 2.24) is 14.3 Å². The van der Waals surface area contributed by atoms with Crippen molar-refractivity contribution < 1.29 is 19.5 Å². The van der Waals surface area contributed by atoms with Gasteiger partial charge in [-0.1, -0.05) is 18.2 Å². The van der Waals surface area contributed by atoms with Crippen LogP contribution >= 0.6 is 0 Å². The first-order valence-corrected chi connectivity index (χ1v) is 12.4. The van der Waals surface area contributed by atoms with Crippen LogP contribution in [0.25, 0.3) is 5.65 Å². The predicted molar refractivity (Wildman–Crippen MR) is 146 cm³/mol. The molecule has 39 heavy (non-hydrogen) atoms. The molecule has 2 aromatic carbocycles. The molecular formula is C31H24N4O4. The minimum absolute atomic E-state index is 0.0724. The maximum Gasteiger partial charge on any atom is 0.278 e. The van der Waals surface area contributed by atoms with Crippen molar-refractivity contribution in [2.75, 3.05) is 11.9 Å².